The smallest absolute Gasteiger partial charge is 0.407 e. The van der Waals surface area contributed by atoms with E-state index in [2.05, 4.69) is 31.3 Å². The van der Waals surface area contributed by atoms with Crippen molar-refractivity contribution in [1.82, 2.24) is 10.2 Å². The minimum absolute atomic E-state index is 0.141. The fourth-order valence-electron chi connectivity index (χ4n) is 3.76. The Morgan fingerprint density at radius 2 is 1.97 bits per heavy atom. The van der Waals surface area contributed by atoms with E-state index in [0.29, 0.717) is 18.7 Å². The summed E-state index contributed by atoms with van der Waals surface area (Å²) in [7, 11) is 1.26. The number of anilines is 1. The molecule has 0 saturated carbocycles. The van der Waals surface area contributed by atoms with Crippen molar-refractivity contribution in [2.75, 3.05) is 19.0 Å². The number of ether oxygens (including phenoxy) is 1. The number of rotatable bonds is 5. The Labute approximate surface area is 184 Å². The topological polar surface area (TPSA) is 87.7 Å². The lowest BCUT2D eigenvalue weighted by atomic mass is 10.0. The van der Waals surface area contributed by atoms with E-state index < -0.39 is 18.2 Å². The van der Waals surface area contributed by atoms with Gasteiger partial charge in [-0.05, 0) is 42.3 Å². The summed E-state index contributed by atoms with van der Waals surface area (Å²) in [6.45, 7) is 4.17. The summed E-state index contributed by atoms with van der Waals surface area (Å²) in [6.07, 6.45) is 0.649. The zero-order valence-corrected chi connectivity index (χ0v) is 18.9. The third-order valence-corrected chi connectivity index (χ3v) is 5.82. The number of nitrogens with one attached hydrogen (secondary N) is 2. The highest BCUT2D eigenvalue weighted by molar-refractivity contribution is 9.10. The van der Waals surface area contributed by atoms with Crippen LogP contribution in [0.5, 0.6) is 0 Å². The van der Waals surface area contributed by atoms with Crippen LogP contribution in [-0.4, -0.2) is 48.5 Å². The van der Waals surface area contributed by atoms with Gasteiger partial charge in [0.25, 0.3) is 0 Å². The number of benzene rings is 2. The molecule has 8 heteroatoms. The SMILES string of the molecule is COC(=O)N[C@H](C(=O)N1CCCC1C(=O)Nc1cccc2cc(Br)ccc12)C(C)C. The van der Waals surface area contributed by atoms with Crippen molar-refractivity contribution in [3.05, 3.63) is 40.9 Å². The maximum Gasteiger partial charge on any atom is 0.407 e. The number of hydrogen-bond acceptors (Lipinski definition) is 4. The van der Waals surface area contributed by atoms with Gasteiger partial charge in [-0.25, -0.2) is 4.79 Å². The van der Waals surface area contributed by atoms with Crippen molar-refractivity contribution in [1.29, 1.82) is 0 Å². The molecule has 2 aromatic rings. The summed E-state index contributed by atoms with van der Waals surface area (Å²) in [6, 6.07) is 10.2. The van der Waals surface area contributed by atoms with Crippen molar-refractivity contribution < 1.29 is 19.1 Å². The zero-order chi connectivity index (χ0) is 21.8. The van der Waals surface area contributed by atoms with Gasteiger partial charge in [0.2, 0.25) is 11.8 Å². The maximum atomic E-state index is 13.1. The molecule has 1 unspecified atom stereocenters. The lowest BCUT2D eigenvalue weighted by molar-refractivity contribution is -0.139. The highest BCUT2D eigenvalue weighted by Gasteiger charge is 2.38. The van der Waals surface area contributed by atoms with E-state index in [1.807, 2.05) is 50.2 Å². The number of carbonyl (C=O) groups is 3. The number of hydrogen-bond donors (Lipinski definition) is 2. The van der Waals surface area contributed by atoms with Gasteiger partial charge >= 0.3 is 6.09 Å². The van der Waals surface area contributed by atoms with Crippen LogP contribution in [0.1, 0.15) is 26.7 Å². The Morgan fingerprint density at radius 1 is 1.20 bits per heavy atom. The van der Waals surface area contributed by atoms with E-state index in [0.717, 1.165) is 21.7 Å². The van der Waals surface area contributed by atoms with Gasteiger partial charge in [-0.2, -0.15) is 0 Å². The highest BCUT2D eigenvalue weighted by atomic mass is 79.9. The van der Waals surface area contributed by atoms with Gasteiger partial charge < -0.3 is 20.3 Å². The number of nitrogens with zero attached hydrogens (tertiary/aromatic N) is 1. The fourth-order valence-corrected chi connectivity index (χ4v) is 4.14. The minimum Gasteiger partial charge on any atom is -0.453 e. The van der Waals surface area contributed by atoms with Crippen LogP contribution in [0.3, 0.4) is 0 Å². The molecule has 0 aromatic heterocycles. The number of alkyl carbamates (subject to hydrolysis) is 1. The van der Waals surface area contributed by atoms with E-state index >= 15 is 0 Å². The Kier molecular flexibility index (Phi) is 6.97. The van der Waals surface area contributed by atoms with E-state index in [1.54, 1.807) is 4.90 Å². The molecule has 0 bridgehead atoms. The molecule has 1 aliphatic rings. The third kappa shape index (κ3) is 4.75. The van der Waals surface area contributed by atoms with Crippen molar-refractivity contribution in [2.45, 2.75) is 38.8 Å². The first kappa shape index (κ1) is 22.1. The lowest BCUT2D eigenvalue weighted by Crippen LogP contribution is -2.54. The number of amides is 3. The fraction of sp³-hybridized carbons (Fsp3) is 0.409. The molecule has 1 heterocycles. The quantitative estimate of drug-likeness (QED) is 0.685. The first-order valence-corrected chi connectivity index (χ1v) is 10.7. The highest BCUT2D eigenvalue weighted by Crippen LogP contribution is 2.28. The van der Waals surface area contributed by atoms with Crippen LogP contribution >= 0.6 is 15.9 Å². The summed E-state index contributed by atoms with van der Waals surface area (Å²) in [5.74, 6) is -0.635. The zero-order valence-electron chi connectivity index (χ0n) is 17.3. The summed E-state index contributed by atoms with van der Waals surface area (Å²) in [4.78, 5) is 39.4. The molecule has 3 rings (SSSR count). The van der Waals surface area contributed by atoms with Crippen LogP contribution < -0.4 is 10.6 Å². The van der Waals surface area contributed by atoms with Crippen molar-refractivity contribution in [2.24, 2.45) is 5.92 Å². The van der Waals surface area contributed by atoms with Crippen LogP contribution in [0.4, 0.5) is 10.5 Å². The second kappa shape index (κ2) is 9.47. The number of methoxy groups -OCH3 is 1. The molecule has 1 fully saturated rings. The first-order valence-electron chi connectivity index (χ1n) is 9.96. The van der Waals surface area contributed by atoms with E-state index in [-0.39, 0.29) is 17.7 Å². The van der Waals surface area contributed by atoms with Crippen LogP contribution in [0.25, 0.3) is 10.8 Å². The lowest BCUT2D eigenvalue weighted by Gasteiger charge is -2.30. The summed E-state index contributed by atoms with van der Waals surface area (Å²) < 4.78 is 5.60. The van der Waals surface area contributed by atoms with Crippen LogP contribution in [0.2, 0.25) is 0 Å². The molecule has 2 N–H and O–H groups in total. The first-order chi connectivity index (χ1) is 14.3. The normalized spacial score (nSPS) is 17.1. The van der Waals surface area contributed by atoms with Crippen molar-refractivity contribution >= 4 is 50.3 Å². The standard InChI is InChI=1S/C22H26BrN3O4/c1-13(2)19(25-22(29)30-3)21(28)26-11-5-8-18(26)20(27)24-17-7-4-6-14-12-15(23)9-10-16(14)17/h4,6-7,9-10,12-13,18-19H,5,8,11H2,1-3H3,(H,24,27)(H,25,29)/t18?,19-/m0/s1. The predicted molar refractivity (Wildman–Crippen MR) is 119 cm³/mol. The maximum absolute atomic E-state index is 13.1. The van der Waals surface area contributed by atoms with Crippen molar-refractivity contribution in [3.63, 3.8) is 0 Å². The molecule has 0 spiro atoms. The largest absolute Gasteiger partial charge is 0.453 e. The van der Waals surface area contributed by atoms with E-state index in [9.17, 15) is 14.4 Å². The number of likely N-dealkylation sites (tertiary alicyclic amines) is 1. The van der Waals surface area contributed by atoms with Crippen LogP contribution in [-0.2, 0) is 14.3 Å². The van der Waals surface area contributed by atoms with Gasteiger partial charge in [-0.1, -0.05) is 48.0 Å². The molecule has 7 nitrogen and oxygen atoms in total. The molecular formula is C22H26BrN3O4. The summed E-state index contributed by atoms with van der Waals surface area (Å²) in [5, 5.41) is 7.52. The second-order valence-electron chi connectivity index (χ2n) is 7.71. The summed E-state index contributed by atoms with van der Waals surface area (Å²) >= 11 is 3.46. The Balaban J connectivity index is 1.79. The predicted octanol–water partition coefficient (Wildman–Crippen LogP) is 3.91. The second-order valence-corrected chi connectivity index (χ2v) is 8.62. The van der Waals surface area contributed by atoms with Gasteiger partial charge in [0.05, 0.1) is 7.11 Å². The molecular weight excluding hydrogens is 450 g/mol. The number of fused-ring (bicyclic) bond motifs is 1. The van der Waals surface area contributed by atoms with E-state index in [1.165, 1.54) is 7.11 Å². The minimum atomic E-state index is -0.749. The molecule has 0 aliphatic carbocycles. The monoisotopic (exact) mass is 475 g/mol. The molecule has 2 atom stereocenters. The molecule has 2 aromatic carbocycles. The van der Waals surface area contributed by atoms with Crippen molar-refractivity contribution in [3.8, 4) is 0 Å². The Bertz CT molecular complexity index is 963. The van der Waals surface area contributed by atoms with Gasteiger partial charge in [0.15, 0.2) is 0 Å². The van der Waals surface area contributed by atoms with Gasteiger partial charge in [0.1, 0.15) is 12.1 Å². The molecule has 160 valence electrons. The number of carbonyl (C=O) groups excluding carboxylic acids is 3. The Morgan fingerprint density at radius 3 is 2.67 bits per heavy atom. The molecule has 1 aliphatic heterocycles. The van der Waals surface area contributed by atoms with Gasteiger partial charge in [-0.3, -0.25) is 9.59 Å². The van der Waals surface area contributed by atoms with Gasteiger partial charge in [0, 0.05) is 22.1 Å². The molecule has 0 radical (unpaired) electrons. The van der Waals surface area contributed by atoms with Crippen LogP contribution in [0.15, 0.2) is 40.9 Å². The molecule has 30 heavy (non-hydrogen) atoms. The molecule has 3 amide bonds. The average Bonchev–Trinajstić information content (AvgIpc) is 3.21. The summed E-state index contributed by atoms with van der Waals surface area (Å²) in [5.41, 5.74) is 0.706. The number of halogens is 1. The van der Waals surface area contributed by atoms with E-state index in [4.69, 9.17) is 0 Å². The Hall–Kier alpha value is -2.61. The average molecular weight is 476 g/mol. The third-order valence-electron chi connectivity index (χ3n) is 5.33. The van der Waals surface area contributed by atoms with Crippen LogP contribution in [0, 0.1) is 5.92 Å². The van der Waals surface area contributed by atoms with Gasteiger partial charge in [-0.15, -0.1) is 0 Å². The molecule has 1 saturated heterocycles.